The van der Waals surface area contributed by atoms with Gasteiger partial charge in [0.05, 0.1) is 0 Å². The van der Waals surface area contributed by atoms with Gasteiger partial charge in [0.1, 0.15) is 0 Å². The largest absolute Gasteiger partial charge is 0.390 e. The van der Waals surface area contributed by atoms with Gasteiger partial charge >= 0.3 is 11.9 Å². The zero-order valence-electron chi connectivity index (χ0n) is 8.56. The Bertz CT molecular complexity index is 412. The highest BCUT2D eigenvalue weighted by atomic mass is 16.6. The summed E-state index contributed by atoms with van der Waals surface area (Å²) >= 11 is 0. The summed E-state index contributed by atoms with van der Waals surface area (Å²) in [5.74, 6) is -5.83. The Kier molecular flexibility index (Phi) is 2.20. The van der Waals surface area contributed by atoms with Crippen LogP contribution >= 0.6 is 0 Å². The van der Waals surface area contributed by atoms with Crippen molar-refractivity contribution < 1.29 is 29.0 Å². The first-order chi connectivity index (χ1) is 7.37. The average Bonchev–Trinajstić information content (AvgIpc) is 2.32. The first-order valence-electron chi connectivity index (χ1n) is 4.92. The van der Waals surface area contributed by atoms with Crippen LogP contribution in [0.15, 0.2) is 0 Å². The highest BCUT2D eigenvalue weighted by Gasteiger charge is 2.65. The number of aliphatic hydroxyl groups is 1. The van der Waals surface area contributed by atoms with E-state index in [1.165, 1.54) is 0 Å². The maximum Gasteiger partial charge on any atom is 0.355 e. The first-order valence-corrected chi connectivity index (χ1v) is 4.92. The van der Waals surface area contributed by atoms with E-state index in [0.717, 1.165) is 0 Å². The lowest BCUT2D eigenvalue weighted by Crippen LogP contribution is -2.50. The summed E-state index contributed by atoms with van der Waals surface area (Å²) in [5.41, 5.74) is -2.58. The second kappa shape index (κ2) is 3.21. The van der Waals surface area contributed by atoms with Gasteiger partial charge in [-0.2, -0.15) is 0 Å². The summed E-state index contributed by atoms with van der Waals surface area (Å²) in [6.45, 7) is 1.65. The van der Waals surface area contributed by atoms with Gasteiger partial charge in [-0.15, -0.1) is 0 Å². The molecule has 16 heavy (non-hydrogen) atoms. The number of ketones is 2. The zero-order valence-corrected chi connectivity index (χ0v) is 8.56. The third-order valence-electron chi connectivity index (χ3n) is 2.99. The smallest absolute Gasteiger partial charge is 0.355 e. The molecule has 1 N–H and O–H groups in total. The minimum absolute atomic E-state index is 0.0128. The van der Waals surface area contributed by atoms with Gasteiger partial charge in [0, 0.05) is 12.8 Å². The highest BCUT2D eigenvalue weighted by Crippen LogP contribution is 2.36. The van der Waals surface area contributed by atoms with Crippen molar-refractivity contribution in [1.82, 2.24) is 0 Å². The van der Waals surface area contributed by atoms with E-state index in [0.29, 0.717) is 0 Å². The van der Waals surface area contributed by atoms with Crippen molar-refractivity contribution in [2.45, 2.75) is 25.4 Å². The van der Waals surface area contributed by atoms with Crippen LogP contribution in [-0.2, 0) is 23.9 Å². The quantitative estimate of drug-likeness (QED) is 0.419. The molecule has 1 aliphatic carbocycles. The summed E-state index contributed by atoms with van der Waals surface area (Å²) < 4.78 is 4.17. The molecular formula is C10H10O6. The van der Waals surface area contributed by atoms with Crippen LogP contribution in [0.4, 0.5) is 0 Å². The predicted octanol–water partition coefficient (Wildman–Crippen LogP) is -1.01. The SMILES string of the molecule is CC1CC(=O)C2C(=O)OC(=O)C2(O)C(=O)C1. The van der Waals surface area contributed by atoms with Crippen molar-refractivity contribution in [2.75, 3.05) is 0 Å². The molecule has 86 valence electrons. The minimum atomic E-state index is -2.58. The number of fused-ring (bicyclic) bond motifs is 1. The topological polar surface area (TPSA) is 97.7 Å². The number of esters is 2. The minimum Gasteiger partial charge on any atom is -0.390 e. The summed E-state index contributed by atoms with van der Waals surface area (Å²) in [6.07, 6.45) is -0.123. The summed E-state index contributed by atoms with van der Waals surface area (Å²) in [6, 6.07) is 0. The fourth-order valence-electron chi connectivity index (χ4n) is 2.16. The van der Waals surface area contributed by atoms with Crippen molar-refractivity contribution in [3.05, 3.63) is 0 Å². The maximum atomic E-state index is 11.7. The molecular weight excluding hydrogens is 216 g/mol. The van der Waals surface area contributed by atoms with Gasteiger partial charge in [0.15, 0.2) is 17.5 Å². The lowest BCUT2D eigenvalue weighted by atomic mass is 9.84. The van der Waals surface area contributed by atoms with Crippen molar-refractivity contribution in [1.29, 1.82) is 0 Å². The summed E-state index contributed by atoms with van der Waals surface area (Å²) in [4.78, 5) is 45.9. The number of ether oxygens (including phenoxy) is 1. The predicted molar refractivity (Wildman–Crippen MR) is 48.0 cm³/mol. The van der Waals surface area contributed by atoms with Crippen LogP contribution in [0.1, 0.15) is 19.8 Å². The van der Waals surface area contributed by atoms with E-state index in [1.807, 2.05) is 0 Å². The molecule has 0 aromatic rings. The zero-order chi connectivity index (χ0) is 12.1. The van der Waals surface area contributed by atoms with Crippen LogP contribution in [-0.4, -0.2) is 34.2 Å². The Morgan fingerprint density at radius 3 is 2.50 bits per heavy atom. The third-order valence-corrected chi connectivity index (χ3v) is 2.99. The second-order valence-corrected chi connectivity index (χ2v) is 4.31. The van der Waals surface area contributed by atoms with E-state index in [2.05, 4.69) is 4.74 Å². The molecule has 1 saturated carbocycles. The number of hydrogen-bond donors (Lipinski definition) is 1. The third kappa shape index (κ3) is 1.23. The van der Waals surface area contributed by atoms with Gasteiger partial charge in [-0.05, 0) is 5.92 Å². The first kappa shape index (κ1) is 10.9. The number of carbonyl (C=O) groups is 4. The lowest BCUT2D eigenvalue weighted by molar-refractivity contribution is -0.163. The molecule has 6 nitrogen and oxygen atoms in total. The van der Waals surface area contributed by atoms with Crippen LogP contribution in [0.3, 0.4) is 0 Å². The molecule has 1 saturated heterocycles. The molecule has 0 aromatic carbocycles. The monoisotopic (exact) mass is 226 g/mol. The van der Waals surface area contributed by atoms with Crippen LogP contribution in [0.25, 0.3) is 0 Å². The van der Waals surface area contributed by atoms with Gasteiger partial charge < -0.3 is 9.84 Å². The normalized spacial score (nSPS) is 39.4. The van der Waals surface area contributed by atoms with E-state index >= 15 is 0 Å². The molecule has 2 fully saturated rings. The van der Waals surface area contributed by atoms with Crippen LogP contribution in [0, 0.1) is 11.8 Å². The van der Waals surface area contributed by atoms with Gasteiger partial charge in [-0.1, -0.05) is 6.92 Å². The second-order valence-electron chi connectivity index (χ2n) is 4.31. The number of carbonyl (C=O) groups excluding carboxylic acids is 4. The standard InChI is InChI=1S/C10H10O6/c1-4-2-5(11)7-8(13)16-9(14)10(7,15)6(12)3-4/h4,7,15H,2-3H2,1H3. The van der Waals surface area contributed by atoms with Crippen LogP contribution in [0.2, 0.25) is 0 Å². The van der Waals surface area contributed by atoms with Crippen LogP contribution < -0.4 is 0 Å². The van der Waals surface area contributed by atoms with Gasteiger partial charge in [0.2, 0.25) is 5.60 Å². The Morgan fingerprint density at radius 2 is 1.88 bits per heavy atom. The van der Waals surface area contributed by atoms with Crippen molar-refractivity contribution in [3.63, 3.8) is 0 Å². The molecule has 1 aliphatic heterocycles. The van der Waals surface area contributed by atoms with Crippen molar-refractivity contribution >= 4 is 23.5 Å². The highest BCUT2D eigenvalue weighted by molar-refractivity contribution is 6.24. The summed E-state index contributed by atoms with van der Waals surface area (Å²) in [5, 5.41) is 9.92. The Hall–Kier alpha value is -1.56. The Morgan fingerprint density at radius 1 is 1.25 bits per heavy atom. The van der Waals surface area contributed by atoms with E-state index < -0.39 is 35.0 Å². The number of cyclic esters (lactones) is 2. The molecule has 0 radical (unpaired) electrons. The van der Waals surface area contributed by atoms with Gasteiger partial charge in [0.25, 0.3) is 0 Å². The van der Waals surface area contributed by atoms with Crippen LogP contribution in [0.5, 0.6) is 0 Å². The Labute approximate surface area is 90.6 Å². The van der Waals surface area contributed by atoms with Gasteiger partial charge in [-0.25, -0.2) is 4.79 Å². The van der Waals surface area contributed by atoms with Crippen molar-refractivity contribution in [2.24, 2.45) is 11.8 Å². The van der Waals surface area contributed by atoms with Gasteiger partial charge in [-0.3, -0.25) is 14.4 Å². The van der Waals surface area contributed by atoms with Crippen molar-refractivity contribution in [3.8, 4) is 0 Å². The number of Topliss-reactive ketones (excluding diaryl/α,β-unsaturated/α-hetero) is 2. The van der Waals surface area contributed by atoms with E-state index in [9.17, 15) is 24.3 Å². The molecule has 6 heteroatoms. The average molecular weight is 226 g/mol. The van der Waals surface area contributed by atoms with E-state index in [1.54, 1.807) is 6.92 Å². The molecule has 0 amide bonds. The fraction of sp³-hybridized carbons (Fsp3) is 0.600. The molecule has 0 spiro atoms. The number of hydrogen-bond acceptors (Lipinski definition) is 6. The molecule has 1 heterocycles. The molecule has 2 aliphatic rings. The lowest BCUT2D eigenvalue weighted by Gasteiger charge is -2.17. The maximum absolute atomic E-state index is 11.7. The Balaban J connectivity index is 2.53. The molecule has 0 bridgehead atoms. The van der Waals surface area contributed by atoms with E-state index in [4.69, 9.17) is 0 Å². The molecule has 2 rings (SSSR count). The molecule has 3 atom stereocenters. The fourth-order valence-corrected chi connectivity index (χ4v) is 2.16. The number of rotatable bonds is 0. The summed E-state index contributed by atoms with van der Waals surface area (Å²) in [7, 11) is 0. The molecule has 0 aromatic heterocycles. The van der Waals surface area contributed by atoms with E-state index in [-0.39, 0.29) is 18.8 Å². The molecule has 3 unspecified atom stereocenters.